The number of aryl methyl sites for hydroxylation is 1. The standard InChI is InChI=1S/C8H9NO4/c1-5-3-6(13-2)4-7(10)8(5)9(11)12/h3-4,10H,1-2H3. The van der Waals surface area contributed by atoms with Crippen LogP contribution < -0.4 is 4.74 Å². The molecule has 0 fully saturated rings. The van der Waals surface area contributed by atoms with Crippen molar-refractivity contribution >= 4 is 5.69 Å². The lowest BCUT2D eigenvalue weighted by atomic mass is 10.2. The molecular weight excluding hydrogens is 174 g/mol. The number of benzene rings is 1. The highest BCUT2D eigenvalue weighted by Gasteiger charge is 2.17. The van der Waals surface area contributed by atoms with Gasteiger partial charge in [0.05, 0.1) is 12.0 Å². The van der Waals surface area contributed by atoms with E-state index in [1.165, 1.54) is 19.2 Å². The van der Waals surface area contributed by atoms with Crippen LogP contribution in [0.5, 0.6) is 11.5 Å². The minimum atomic E-state index is -0.621. The Hall–Kier alpha value is -1.78. The summed E-state index contributed by atoms with van der Waals surface area (Å²) in [6.07, 6.45) is 0. The average Bonchev–Trinajstić information content (AvgIpc) is 2.02. The summed E-state index contributed by atoms with van der Waals surface area (Å²) >= 11 is 0. The number of ether oxygens (including phenoxy) is 1. The minimum absolute atomic E-state index is 0.277. The average molecular weight is 183 g/mol. The SMILES string of the molecule is COc1cc(C)c([N+](=O)[O-])c(O)c1. The van der Waals surface area contributed by atoms with Gasteiger partial charge in [0.25, 0.3) is 0 Å². The molecule has 0 heterocycles. The molecule has 0 atom stereocenters. The Morgan fingerprint density at radius 1 is 1.54 bits per heavy atom. The van der Waals surface area contributed by atoms with Crippen molar-refractivity contribution in [3.05, 3.63) is 27.8 Å². The number of phenols is 1. The van der Waals surface area contributed by atoms with Crippen molar-refractivity contribution in [1.29, 1.82) is 0 Å². The second-order valence-electron chi connectivity index (χ2n) is 2.57. The smallest absolute Gasteiger partial charge is 0.313 e. The molecule has 1 aromatic carbocycles. The first-order chi connectivity index (χ1) is 6.06. The zero-order valence-electron chi connectivity index (χ0n) is 7.27. The Morgan fingerprint density at radius 2 is 2.15 bits per heavy atom. The zero-order valence-corrected chi connectivity index (χ0v) is 7.27. The van der Waals surface area contributed by atoms with Crippen LogP contribution in [0, 0.1) is 17.0 Å². The summed E-state index contributed by atoms with van der Waals surface area (Å²) in [5, 5.41) is 19.7. The van der Waals surface area contributed by atoms with Gasteiger partial charge in [-0.3, -0.25) is 10.1 Å². The lowest BCUT2D eigenvalue weighted by Gasteiger charge is -2.03. The fraction of sp³-hybridized carbons (Fsp3) is 0.250. The van der Waals surface area contributed by atoms with Crippen molar-refractivity contribution in [2.75, 3.05) is 7.11 Å². The summed E-state index contributed by atoms with van der Waals surface area (Å²) in [5.41, 5.74) is 0.0997. The highest BCUT2D eigenvalue weighted by molar-refractivity contribution is 5.55. The van der Waals surface area contributed by atoms with Gasteiger partial charge in [-0.25, -0.2) is 0 Å². The molecular formula is C8H9NO4. The lowest BCUT2D eigenvalue weighted by Crippen LogP contribution is -1.93. The number of phenolic OH excluding ortho intramolecular Hbond substituents is 1. The number of hydrogen-bond acceptors (Lipinski definition) is 4. The van der Waals surface area contributed by atoms with Gasteiger partial charge in [0.2, 0.25) is 0 Å². The van der Waals surface area contributed by atoms with E-state index in [0.29, 0.717) is 11.3 Å². The van der Waals surface area contributed by atoms with Gasteiger partial charge < -0.3 is 9.84 Å². The van der Waals surface area contributed by atoms with Crippen molar-refractivity contribution in [2.45, 2.75) is 6.92 Å². The zero-order chi connectivity index (χ0) is 10.0. The van der Waals surface area contributed by atoms with Gasteiger partial charge >= 0.3 is 5.69 Å². The summed E-state index contributed by atoms with van der Waals surface area (Å²) in [7, 11) is 1.43. The highest BCUT2D eigenvalue weighted by atomic mass is 16.6. The van der Waals surface area contributed by atoms with Gasteiger partial charge in [0, 0.05) is 11.6 Å². The number of methoxy groups -OCH3 is 1. The topological polar surface area (TPSA) is 72.6 Å². The van der Waals surface area contributed by atoms with Crippen molar-refractivity contribution in [3.8, 4) is 11.5 Å². The van der Waals surface area contributed by atoms with Crippen molar-refractivity contribution in [1.82, 2.24) is 0 Å². The third kappa shape index (κ3) is 1.69. The second kappa shape index (κ2) is 3.30. The molecule has 0 saturated carbocycles. The number of hydrogen-bond donors (Lipinski definition) is 1. The lowest BCUT2D eigenvalue weighted by molar-refractivity contribution is -0.386. The van der Waals surface area contributed by atoms with Crippen LogP contribution in [-0.4, -0.2) is 17.1 Å². The van der Waals surface area contributed by atoms with Crippen LogP contribution in [0.1, 0.15) is 5.56 Å². The van der Waals surface area contributed by atoms with E-state index in [4.69, 9.17) is 4.74 Å². The molecule has 0 aliphatic rings. The maximum atomic E-state index is 10.4. The van der Waals surface area contributed by atoms with Gasteiger partial charge in [-0.2, -0.15) is 0 Å². The Labute approximate surface area is 74.7 Å². The normalized spacial score (nSPS) is 9.69. The fourth-order valence-electron chi connectivity index (χ4n) is 1.08. The van der Waals surface area contributed by atoms with Gasteiger partial charge in [0.15, 0.2) is 5.75 Å². The third-order valence-corrected chi connectivity index (χ3v) is 1.67. The predicted octanol–water partition coefficient (Wildman–Crippen LogP) is 1.62. The van der Waals surface area contributed by atoms with Gasteiger partial charge in [-0.1, -0.05) is 0 Å². The molecule has 70 valence electrons. The van der Waals surface area contributed by atoms with E-state index in [-0.39, 0.29) is 11.4 Å². The molecule has 5 nitrogen and oxygen atoms in total. The molecule has 1 N–H and O–H groups in total. The quantitative estimate of drug-likeness (QED) is 0.558. The third-order valence-electron chi connectivity index (χ3n) is 1.67. The number of nitro benzene ring substituents is 1. The first kappa shape index (κ1) is 9.31. The minimum Gasteiger partial charge on any atom is -0.502 e. The summed E-state index contributed by atoms with van der Waals surface area (Å²) in [4.78, 5) is 9.83. The van der Waals surface area contributed by atoms with Crippen LogP contribution in [0.2, 0.25) is 0 Å². The molecule has 13 heavy (non-hydrogen) atoms. The number of rotatable bonds is 2. The maximum absolute atomic E-state index is 10.4. The Kier molecular flexibility index (Phi) is 2.36. The van der Waals surface area contributed by atoms with E-state index in [2.05, 4.69) is 0 Å². The molecule has 0 saturated heterocycles. The van der Waals surface area contributed by atoms with E-state index in [1.807, 2.05) is 0 Å². The van der Waals surface area contributed by atoms with E-state index < -0.39 is 4.92 Å². The Balaban J connectivity index is 3.31. The van der Waals surface area contributed by atoms with Crippen molar-refractivity contribution in [2.24, 2.45) is 0 Å². The molecule has 1 rings (SSSR count). The maximum Gasteiger partial charge on any atom is 0.313 e. The van der Waals surface area contributed by atoms with E-state index in [9.17, 15) is 15.2 Å². The largest absolute Gasteiger partial charge is 0.502 e. The Morgan fingerprint density at radius 3 is 2.54 bits per heavy atom. The van der Waals surface area contributed by atoms with Crippen LogP contribution in [-0.2, 0) is 0 Å². The molecule has 0 spiro atoms. The fourth-order valence-corrected chi connectivity index (χ4v) is 1.08. The number of nitrogens with zero attached hydrogens (tertiary/aromatic N) is 1. The molecule has 0 aliphatic carbocycles. The van der Waals surface area contributed by atoms with Gasteiger partial charge in [-0.15, -0.1) is 0 Å². The molecule has 0 aromatic heterocycles. The molecule has 0 bridgehead atoms. The summed E-state index contributed by atoms with van der Waals surface area (Å²) < 4.78 is 4.83. The second-order valence-corrected chi connectivity index (χ2v) is 2.57. The van der Waals surface area contributed by atoms with Crippen molar-refractivity contribution < 1.29 is 14.8 Å². The first-order valence-electron chi connectivity index (χ1n) is 3.58. The summed E-state index contributed by atoms with van der Waals surface area (Å²) in [6, 6.07) is 2.71. The van der Waals surface area contributed by atoms with Crippen molar-refractivity contribution in [3.63, 3.8) is 0 Å². The summed E-state index contributed by atoms with van der Waals surface area (Å²) in [6.45, 7) is 1.54. The number of aromatic hydroxyl groups is 1. The van der Waals surface area contributed by atoms with E-state index in [1.54, 1.807) is 6.92 Å². The van der Waals surface area contributed by atoms with E-state index >= 15 is 0 Å². The molecule has 0 amide bonds. The predicted molar refractivity (Wildman–Crippen MR) is 46.1 cm³/mol. The molecule has 0 unspecified atom stereocenters. The molecule has 0 aliphatic heterocycles. The Bertz CT molecular complexity index is 325. The van der Waals surface area contributed by atoms with Crippen LogP contribution in [0.4, 0.5) is 5.69 Å². The molecule has 5 heteroatoms. The monoisotopic (exact) mass is 183 g/mol. The molecule has 1 aromatic rings. The van der Waals surface area contributed by atoms with Crippen LogP contribution >= 0.6 is 0 Å². The van der Waals surface area contributed by atoms with Crippen LogP contribution in [0.15, 0.2) is 12.1 Å². The van der Waals surface area contributed by atoms with Crippen LogP contribution in [0.25, 0.3) is 0 Å². The highest BCUT2D eigenvalue weighted by Crippen LogP contribution is 2.33. The van der Waals surface area contributed by atoms with Gasteiger partial charge in [-0.05, 0) is 13.0 Å². The summed E-state index contributed by atoms with van der Waals surface area (Å²) in [5.74, 6) is 0.0300. The van der Waals surface area contributed by atoms with E-state index in [0.717, 1.165) is 0 Å². The molecule has 0 radical (unpaired) electrons. The van der Waals surface area contributed by atoms with Gasteiger partial charge in [0.1, 0.15) is 5.75 Å². The van der Waals surface area contributed by atoms with Crippen LogP contribution in [0.3, 0.4) is 0 Å². The number of nitro groups is 1. The first-order valence-corrected chi connectivity index (χ1v) is 3.58.